The second-order valence-electron chi connectivity index (χ2n) is 4.92. The Morgan fingerprint density at radius 2 is 1.75 bits per heavy atom. The molecule has 0 saturated heterocycles. The number of hydrogen-bond donors (Lipinski definition) is 0. The highest BCUT2D eigenvalue weighted by molar-refractivity contribution is 5.75. The highest BCUT2D eigenvalue weighted by Gasteiger charge is 2.12. The van der Waals surface area contributed by atoms with Crippen molar-refractivity contribution in [2.75, 3.05) is 14.2 Å². The van der Waals surface area contributed by atoms with Crippen LogP contribution in [0.2, 0.25) is 0 Å². The van der Waals surface area contributed by atoms with Crippen molar-refractivity contribution < 1.29 is 19.0 Å². The van der Waals surface area contributed by atoms with Gasteiger partial charge in [0.1, 0.15) is 12.1 Å². The van der Waals surface area contributed by atoms with Gasteiger partial charge in [0.05, 0.1) is 19.9 Å². The molecule has 6 heteroatoms. The number of carbonyl (C=O) groups is 1. The predicted molar refractivity (Wildman–Crippen MR) is 88.6 cm³/mol. The highest BCUT2D eigenvalue weighted by Crippen LogP contribution is 2.31. The summed E-state index contributed by atoms with van der Waals surface area (Å²) in [4.78, 5) is 16.4. The van der Waals surface area contributed by atoms with Gasteiger partial charge in [-0.05, 0) is 30.3 Å². The number of ether oxygens (including phenoxy) is 3. The molecular weight excluding hydrogens is 308 g/mol. The molecule has 0 aliphatic carbocycles. The van der Waals surface area contributed by atoms with Crippen molar-refractivity contribution in [1.82, 2.24) is 9.55 Å². The number of rotatable bonds is 4. The maximum atomic E-state index is 12.1. The van der Waals surface area contributed by atoms with Crippen LogP contribution in [-0.2, 0) is 0 Å². The summed E-state index contributed by atoms with van der Waals surface area (Å²) >= 11 is 0. The molecule has 0 bridgehead atoms. The van der Waals surface area contributed by atoms with Gasteiger partial charge in [0.25, 0.3) is 0 Å². The van der Waals surface area contributed by atoms with Gasteiger partial charge in [-0.15, -0.1) is 0 Å². The molecule has 0 aliphatic rings. The first-order chi connectivity index (χ1) is 11.7. The second kappa shape index (κ2) is 6.87. The van der Waals surface area contributed by atoms with E-state index in [-0.39, 0.29) is 0 Å². The number of imidazole rings is 1. The lowest BCUT2D eigenvalue weighted by Crippen LogP contribution is -2.14. The topological polar surface area (TPSA) is 62.6 Å². The van der Waals surface area contributed by atoms with E-state index in [4.69, 9.17) is 14.2 Å². The Morgan fingerprint density at radius 1 is 1.00 bits per heavy atom. The summed E-state index contributed by atoms with van der Waals surface area (Å²) in [6, 6.07) is 14.3. The van der Waals surface area contributed by atoms with Crippen molar-refractivity contribution in [3.05, 3.63) is 61.1 Å². The number of methoxy groups -OCH3 is 2. The average molecular weight is 324 g/mol. The molecule has 24 heavy (non-hydrogen) atoms. The fourth-order valence-corrected chi connectivity index (χ4v) is 2.21. The van der Waals surface area contributed by atoms with Crippen molar-refractivity contribution in [2.45, 2.75) is 0 Å². The molecule has 2 aromatic carbocycles. The second-order valence-corrected chi connectivity index (χ2v) is 4.92. The quantitative estimate of drug-likeness (QED) is 0.733. The molecule has 0 fully saturated rings. The number of hydrogen-bond acceptors (Lipinski definition) is 5. The number of carbonyl (C=O) groups excluding carboxylic acids is 1. The maximum Gasteiger partial charge on any atom is 0.424 e. The number of aromatic nitrogens is 2. The Morgan fingerprint density at radius 3 is 2.46 bits per heavy atom. The summed E-state index contributed by atoms with van der Waals surface area (Å²) in [5.74, 6) is 1.70. The van der Waals surface area contributed by atoms with Crippen LogP contribution >= 0.6 is 0 Å². The first-order valence-corrected chi connectivity index (χ1v) is 7.25. The van der Waals surface area contributed by atoms with E-state index in [1.165, 1.54) is 10.9 Å². The summed E-state index contributed by atoms with van der Waals surface area (Å²) in [5.41, 5.74) is 1.43. The van der Waals surface area contributed by atoms with Crippen LogP contribution in [0.5, 0.6) is 17.2 Å². The van der Waals surface area contributed by atoms with Gasteiger partial charge in [0.15, 0.2) is 11.5 Å². The standard InChI is InChI=1S/C18H16N2O4/c1-22-16-9-8-13(10-17(16)23-2)15-11-20(12-19-15)18(21)24-14-6-4-3-5-7-14/h3-12H,1-2H3. The summed E-state index contributed by atoms with van der Waals surface area (Å²) < 4.78 is 17.1. The summed E-state index contributed by atoms with van der Waals surface area (Å²) in [6.07, 6.45) is 2.49. The third-order valence-electron chi connectivity index (χ3n) is 3.42. The first-order valence-electron chi connectivity index (χ1n) is 7.25. The predicted octanol–water partition coefficient (Wildman–Crippen LogP) is 3.61. The van der Waals surface area contributed by atoms with Crippen molar-refractivity contribution in [2.24, 2.45) is 0 Å². The molecule has 0 spiro atoms. The van der Waals surface area contributed by atoms with Crippen molar-refractivity contribution in [3.63, 3.8) is 0 Å². The zero-order chi connectivity index (χ0) is 16.9. The molecule has 122 valence electrons. The highest BCUT2D eigenvalue weighted by atomic mass is 16.6. The molecular formula is C18H16N2O4. The minimum atomic E-state index is -0.527. The molecule has 0 atom stereocenters. The van der Waals surface area contributed by atoms with Crippen LogP contribution in [0.3, 0.4) is 0 Å². The van der Waals surface area contributed by atoms with Crippen molar-refractivity contribution in [3.8, 4) is 28.5 Å². The van der Waals surface area contributed by atoms with Crippen LogP contribution in [0.15, 0.2) is 61.1 Å². The van der Waals surface area contributed by atoms with Gasteiger partial charge < -0.3 is 14.2 Å². The van der Waals surface area contributed by atoms with Gasteiger partial charge in [0.2, 0.25) is 0 Å². The molecule has 3 aromatic rings. The average Bonchev–Trinajstić information content (AvgIpc) is 3.12. The molecule has 0 N–H and O–H groups in total. The minimum Gasteiger partial charge on any atom is -0.493 e. The van der Waals surface area contributed by atoms with E-state index in [9.17, 15) is 4.79 Å². The molecule has 0 amide bonds. The Bertz CT molecular complexity index is 843. The van der Waals surface area contributed by atoms with E-state index in [0.29, 0.717) is 22.9 Å². The Labute approximate surface area is 139 Å². The molecule has 1 heterocycles. The maximum absolute atomic E-state index is 12.1. The number of nitrogens with zero attached hydrogens (tertiary/aromatic N) is 2. The summed E-state index contributed by atoms with van der Waals surface area (Å²) in [6.45, 7) is 0. The monoisotopic (exact) mass is 324 g/mol. The Balaban J connectivity index is 1.81. The number of benzene rings is 2. The van der Waals surface area contributed by atoms with E-state index in [2.05, 4.69) is 4.98 Å². The van der Waals surface area contributed by atoms with Crippen LogP contribution in [0, 0.1) is 0 Å². The van der Waals surface area contributed by atoms with E-state index >= 15 is 0 Å². The van der Waals surface area contributed by atoms with Gasteiger partial charge in [-0.1, -0.05) is 18.2 Å². The van der Waals surface area contributed by atoms with E-state index < -0.39 is 6.09 Å². The zero-order valence-electron chi connectivity index (χ0n) is 13.3. The first kappa shape index (κ1) is 15.6. The van der Waals surface area contributed by atoms with Crippen LogP contribution in [-0.4, -0.2) is 29.9 Å². The smallest absolute Gasteiger partial charge is 0.424 e. The molecule has 0 unspecified atom stereocenters. The van der Waals surface area contributed by atoms with Crippen LogP contribution in [0.25, 0.3) is 11.3 Å². The lowest BCUT2D eigenvalue weighted by Gasteiger charge is -2.08. The third kappa shape index (κ3) is 3.22. The SMILES string of the molecule is COc1ccc(-c2cn(C(=O)Oc3ccccc3)cn2)cc1OC. The van der Waals surface area contributed by atoms with Crippen molar-refractivity contribution in [1.29, 1.82) is 0 Å². The fraction of sp³-hybridized carbons (Fsp3) is 0.111. The minimum absolute atomic E-state index is 0.476. The van der Waals surface area contributed by atoms with E-state index in [1.54, 1.807) is 56.8 Å². The Kier molecular flexibility index (Phi) is 4.47. The number of para-hydroxylation sites is 1. The largest absolute Gasteiger partial charge is 0.493 e. The molecule has 1 aromatic heterocycles. The third-order valence-corrected chi connectivity index (χ3v) is 3.42. The molecule has 0 radical (unpaired) electrons. The molecule has 0 saturated carbocycles. The van der Waals surface area contributed by atoms with Gasteiger partial charge in [-0.2, -0.15) is 0 Å². The molecule has 0 aliphatic heterocycles. The van der Waals surface area contributed by atoms with Crippen LogP contribution < -0.4 is 14.2 Å². The normalized spacial score (nSPS) is 10.2. The Hall–Kier alpha value is -3.28. The van der Waals surface area contributed by atoms with E-state index in [1.807, 2.05) is 12.1 Å². The lowest BCUT2D eigenvalue weighted by atomic mass is 10.1. The summed E-state index contributed by atoms with van der Waals surface area (Å²) in [5, 5.41) is 0. The van der Waals surface area contributed by atoms with E-state index in [0.717, 1.165) is 5.56 Å². The molecule has 6 nitrogen and oxygen atoms in total. The van der Waals surface area contributed by atoms with Crippen LogP contribution in [0.1, 0.15) is 0 Å². The van der Waals surface area contributed by atoms with Crippen molar-refractivity contribution >= 4 is 6.09 Å². The zero-order valence-corrected chi connectivity index (χ0v) is 13.3. The van der Waals surface area contributed by atoms with Crippen LogP contribution in [0.4, 0.5) is 4.79 Å². The van der Waals surface area contributed by atoms with Gasteiger partial charge in [-0.25, -0.2) is 14.3 Å². The lowest BCUT2D eigenvalue weighted by molar-refractivity contribution is 0.202. The van der Waals surface area contributed by atoms with Gasteiger partial charge >= 0.3 is 6.09 Å². The van der Waals surface area contributed by atoms with Gasteiger partial charge in [-0.3, -0.25) is 0 Å². The summed E-state index contributed by atoms with van der Waals surface area (Å²) in [7, 11) is 3.14. The fourth-order valence-electron chi connectivity index (χ4n) is 2.21. The van der Waals surface area contributed by atoms with Gasteiger partial charge in [0, 0.05) is 11.8 Å². The molecule has 3 rings (SSSR count).